The predicted molar refractivity (Wildman–Crippen MR) is 68.9 cm³/mol. The molecule has 0 atom stereocenters. The Bertz CT molecular complexity index is 623. The van der Waals surface area contributed by atoms with Crippen LogP contribution < -0.4 is 0 Å². The average molecular weight is 258 g/mol. The van der Waals surface area contributed by atoms with Crippen LogP contribution in [0.2, 0.25) is 0 Å². The Labute approximate surface area is 109 Å². The maximum Gasteiger partial charge on any atom is 0.130 e. The minimum atomic E-state index is -0.571. The second-order valence-corrected chi connectivity index (χ2v) is 4.35. The normalized spacial score (nSPS) is 11.1. The van der Waals surface area contributed by atoms with Gasteiger partial charge < -0.3 is 9.97 Å². The lowest BCUT2D eigenvalue weighted by atomic mass is 9.92. The standard InChI is InChI=1S/C15H12F2N2/c16-10-5-6-11(12(17)9-10)15(13-3-1-7-18-13)14-4-2-8-19-14/h1-9,15,18-19H. The molecule has 0 unspecified atom stereocenters. The molecule has 0 spiro atoms. The Morgan fingerprint density at radius 1 is 0.842 bits per heavy atom. The molecule has 0 aliphatic rings. The molecule has 3 aromatic rings. The molecule has 0 saturated heterocycles. The van der Waals surface area contributed by atoms with Gasteiger partial charge in [0.2, 0.25) is 0 Å². The molecule has 0 aliphatic heterocycles. The first-order chi connectivity index (χ1) is 9.25. The van der Waals surface area contributed by atoms with Crippen molar-refractivity contribution in [3.8, 4) is 0 Å². The van der Waals surface area contributed by atoms with Crippen molar-refractivity contribution in [1.82, 2.24) is 9.97 Å². The third-order valence-corrected chi connectivity index (χ3v) is 3.14. The molecule has 0 radical (unpaired) electrons. The van der Waals surface area contributed by atoms with Crippen LogP contribution in [0.15, 0.2) is 54.9 Å². The Morgan fingerprint density at radius 2 is 1.47 bits per heavy atom. The highest BCUT2D eigenvalue weighted by molar-refractivity contribution is 5.38. The highest BCUT2D eigenvalue weighted by Gasteiger charge is 2.21. The van der Waals surface area contributed by atoms with Gasteiger partial charge in [-0.15, -0.1) is 0 Å². The maximum absolute atomic E-state index is 14.0. The van der Waals surface area contributed by atoms with Gasteiger partial charge in [0.15, 0.2) is 0 Å². The second-order valence-electron chi connectivity index (χ2n) is 4.35. The van der Waals surface area contributed by atoms with E-state index in [0.29, 0.717) is 5.56 Å². The molecule has 0 saturated carbocycles. The van der Waals surface area contributed by atoms with Gasteiger partial charge in [-0.1, -0.05) is 6.07 Å². The van der Waals surface area contributed by atoms with E-state index in [9.17, 15) is 8.78 Å². The zero-order valence-electron chi connectivity index (χ0n) is 10.0. The van der Waals surface area contributed by atoms with Gasteiger partial charge in [-0.25, -0.2) is 8.78 Å². The molecule has 3 rings (SSSR count). The summed E-state index contributed by atoms with van der Waals surface area (Å²) in [6.07, 6.45) is 3.57. The fourth-order valence-electron chi connectivity index (χ4n) is 2.29. The van der Waals surface area contributed by atoms with Crippen molar-refractivity contribution >= 4 is 0 Å². The minimum absolute atomic E-state index is 0.300. The lowest BCUT2D eigenvalue weighted by Gasteiger charge is -2.16. The number of hydrogen-bond donors (Lipinski definition) is 2. The van der Waals surface area contributed by atoms with Crippen LogP contribution in [0.1, 0.15) is 22.9 Å². The molecular formula is C15H12F2N2. The summed E-state index contributed by atoms with van der Waals surface area (Å²) in [5, 5.41) is 0. The molecule has 19 heavy (non-hydrogen) atoms. The summed E-state index contributed by atoms with van der Waals surface area (Å²) >= 11 is 0. The molecule has 1 aromatic carbocycles. The van der Waals surface area contributed by atoms with Crippen molar-refractivity contribution in [3.05, 3.63) is 83.4 Å². The van der Waals surface area contributed by atoms with E-state index in [-0.39, 0.29) is 5.92 Å². The number of benzene rings is 1. The monoisotopic (exact) mass is 258 g/mol. The first-order valence-electron chi connectivity index (χ1n) is 5.97. The lowest BCUT2D eigenvalue weighted by Crippen LogP contribution is -2.07. The first kappa shape index (κ1) is 11.7. The third-order valence-electron chi connectivity index (χ3n) is 3.14. The van der Waals surface area contributed by atoms with E-state index in [4.69, 9.17) is 0 Å². The van der Waals surface area contributed by atoms with Crippen molar-refractivity contribution in [3.63, 3.8) is 0 Å². The number of aromatic amines is 2. The zero-order valence-corrected chi connectivity index (χ0v) is 10.0. The molecule has 0 bridgehead atoms. The summed E-state index contributed by atoms with van der Waals surface area (Å²) in [6, 6.07) is 11.1. The predicted octanol–water partition coefficient (Wildman–Crippen LogP) is 3.80. The maximum atomic E-state index is 14.0. The van der Waals surface area contributed by atoms with Crippen molar-refractivity contribution < 1.29 is 8.78 Å². The number of hydrogen-bond acceptors (Lipinski definition) is 0. The van der Waals surface area contributed by atoms with Crippen LogP contribution in [-0.2, 0) is 0 Å². The molecule has 0 fully saturated rings. The Kier molecular flexibility index (Phi) is 2.91. The van der Waals surface area contributed by atoms with Crippen molar-refractivity contribution in [2.45, 2.75) is 5.92 Å². The summed E-state index contributed by atoms with van der Waals surface area (Å²) in [5.41, 5.74) is 2.15. The molecule has 2 aromatic heterocycles. The molecular weight excluding hydrogens is 246 g/mol. The number of nitrogens with one attached hydrogen (secondary N) is 2. The molecule has 0 amide bonds. The smallest absolute Gasteiger partial charge is 0.130 e. The number of rotatable bonds is 3. The van der Waals surface area contributed by atoms with Crippen LogP contribution in [-0.4, -0.2) is 9.97 Å². The van der Waals surface area contributed by atoms with Gasteiger partial charge in [0.25, 0.3) is 0 Å². The van der Waals surface area contributed by atoms with Crippen LogP contribution in [0.25, 0.3) is 0 Å². The summed E-state index contributed by atoms with van der Waals surface area (Å²) < 4.78 is 27.1. The average Bonchev–Trinajstić information content (AvgIpc) is 3.06. The van der Waals surface area contributed by atoms with E-state index in [0.717, 1.165) is 17.5 Å². The summed E-state index contributed by atoms with van der Waals surface area (Å²) in [4.78, 5) is 6.17. The number of H-pyrrole nitrogens is 2. The van der Waals surface area contributed by atoms with Gasteiger partial charge in [-0.3, -0.25) is 0 Å². The highest BCUT2D eigenvalue weighted by Crippen LogP contribution is 2.31. The van der Waals surface area contributed by atoms with Crippen molar-refractivity contribution in [2.24, 2.45) is 0 Å². The largest absolute Gasteiger partial charge is 0.364 e. The van der Waals surface area contributed by atoms with Crippen LogP contribution in [0, 0.1) is 11.6 Å². The zero-order chi connectivity index (χ0) is 13.2. The van der Waals surface area contributed by atoms with Crippen molar-refractivity contribution in [1.29, 1.82) is 0 Å². The molecule has 0 aliphatic carbocycles. The lowest BCUT2D eigenvalue weighted by molar-refractivity contribution is 0.568. The molecule has 2 N–H and O–H groups in total. The SMILES string of the molecule is Fc1ccc(C(c2ccc[nH]2)c2ccc[nH]2)c(F)c1. The fourth-order valence-corrected chi connectivity index (χ4v) is 2.29. The van der Waals surface area contributed by atoms with E-state index in [1.807, 2.05) is 24.3 Å². The van der Waals surface area contributed by atoms with Gasteiger partial charge in [0.05, 0.1) is 5.92 Å². The van der Waals surface area contributed by atoms with Crippen LogP contribution in [0.4, 0.5) is 8.78 Å². The Morgan fingerprint density at radius 3 is 1.95 bits per heavy atom. The molecule has 2 nitrogen and oxygen atoms in total. The van der Waals surface area contributed by atoms with E-state index in [2.05, 4.69) is 9.97 Å². The molecule has 2 heterocycles. The quantitative estimate of drug-likeness (QED) is 0.716. The Balaban J connectivity index is 2.14. The van der Waals surface area contributed by atoms with Crippen molar-refractivity contribution in [2.75, 3.05) is 0 Å². The highest BCUT2D eigenvalue weighted by atomic mass is 19.1. The Hall–Kier alpha value is -2.36. The van der Waals surface area contributed by atoms with Crippen LogP contribution in [0.3, 0.4) is 0 Å². The minimum Gasteiger partial charge on any atom is -0.364 e. The van der Waals surface area contributed by atoms with E-state index in [1.54, 1.807) is 12.4 Å². The van der Waals surface area contributed by atoms with Crippen LogP contribution in [0.5, 0.6) is 0 Å². The number of halogens is 2. The second kappa shape index (κ2) is 4.72. The first-order valence-corrected chi connectivity index (χ1v) is 5.97. The molecule has 96 valence electrons. The van der Waals surface area contributed by atoms with Gasteiger partial charge in [-0.05, 0) is 30.3 Å². The van der Waals surface area contributed by atoms with E-state index >= 15 is 0 Å². The summed E-state index contributed by atoms with van der Waals surface area (Å²) in [7, 11) is 0. The number of aromatic nitrogens is 2. The fraction of sp³-hybridized carbons (Fsp3) is 0.0667. The van der Waals surface area contributed by atoms with E-state index < -0.39 is 11.6 Å². The van der Waals surface area contributed by atoms with E-state index in [1.165, 1.54) is 12.1 Å². The third kappa shape index (κ3) is 2.17. The van der Waals surface area contributed by atoms with Crippen LogP contribution >= 0.6 is 0 Å². The summed E-state index contributed by atoms with van der Waals surface area (Å²) in [5.74, 6) is -1.42. The summed E-state index contributed by atoms with van der Waals surface area (Å²) in [6.45, 7) is 0. The van der Waals surface area contributed by atoms with Gasteiger partial charge in [-0.2, -0.15) is 0 Å². The van der Waals surface area contributed by atoms with Gasteiger partial charge in [0, 0.05) is 35.4 Å². The molecule has 4 heteroatoms. The topological polar surface area (TPSA) is 31.6 Å². The van der Waals surface area contributed by atoms with Gasteiger partial charge in [0.1, 0.15) is 11.6 Å². The van der Waals surface area contributed by atoms with Gasteiger partial charge >= 0.3 is 0 Å².